The van der Waals surface area contributed by atoms with Gasteiger partial charge >= 0.3 is 5.97 Å². The summed E-state index contributed by atoms with van der Waals surface area (Å²) >= 11 is 0. The number of esters is 1. The van der Waals surface area contributed by atoms with E-state index in [0.717, 1.165) is 17.4 Å². The summed E-state index contributed by atoms with van der Waals surface area (Å²) in [5.41, 5.74) is 4.03. The monoisotopic (exact) mass is 495 g/mol. The highest BCUT2D eigenvalue weighted by atomic mass is 32.2. The second-order valence-electron chi connectivity index (χ2n) is 8.21. The van der Waals surface area contributed by atoms with Crippen LogP contribution in [0.25, 0.3) is 16.8 Å². The normalized spacial score (nSPS) is 11.4. The van der Waals surface area contributed by atoms with Crippen LogP contribution in [0.1, 0.15) is 21.5 Å². The number of halogens is 2. The maximum absolute atomic E-state index is 13.4. The first-order valence-corrected chi connectivity index (χ1v) is 12.7. The molecule has 0 aliphatic carbocycles. The maximum atomic E-state index is 13.4. The SMILES string of the molecule is Cc1c(-c2ccc(F)cc2)cc(S(C)(=O)=O)cc1-n1ccc(CCOC(=O)c2ccc(F)cc2)c1. The molecule has 0 saturated heterocycles. The quantitative estimate of drug-likeness (QED) is 0.316. The molecule has 0 fully saturated rings. The van der Waals surface area contributed by atoms with Crippen molar-refractivity contribution in [3.05, 3.63) is 107 Å². The van der Waals surface area contributed by atoms with Gasteiger partial charge in [-0.3, -0.25) is 0 Å². The average Bonchev–Trinajstić information content (AvgIpc) is 3.28. The zero-order valence-electron chi connectivity index (χ0n) is 19.2. The standard InChI is InChI=1S/C27H23F2NO4S/c1-18-25(20-3-7-22(28)8-4-20)15-24(35(2,32)33)16-26(18)30-13-11-19(17-30)12-14-34-27(31)21-5-9-23(29)10-6-21/h3-11,13,15-17H,12,14H2,1-2H3. The van der Waals surface area contributed by atoms with Gasteiger partial charge in [0.2, 0.25) is 0 Å². The largest absolute Gasteiger partial charge is 0.462 e. The summed E-state index contributed by atoms with van der Waals surface area (Å²) in [5, 5.41) is 0. The molecule has 0 aliphatic rings. The number of sulfone groups is 1. The van der Waals surface area contributed by atoms with Gasteiger partial charge in [0.1, 0.15) is 11.6 Å². The summed E-state index contributed by atoms with van der Waals surface area (Å²) in [6.45, 7) is 2.01. The van der Waals surface area contributed by atoms with Gasteiger partial charge in [0.25, 0.3) is 0 Å². The van der Waals surface area contributed by atoms with E-state index in [9.17, 15) is 22.0 Å². The zero-order valence-corrected chi connectivity index (χ0v) is 20.0. The summed E-state index contributed by atoms with van der Waals surface area (Å²) in [7, 11) is -3.50. The van der Waals surface area contributed by atoms with Crippen LogP contribution in [0, 0.1) is 18.6 Å². The van der Waals surface area contributed by atoms with Crippen molar-refractivity contribution < 1.29 is 26.7 Å². The van der Waals surface area contributed by atoms with Crippen molar-refractivity contribution in [3.8, 4) is 16.8 Å². The molecule has 0 saturated carbocycles. The molecule has 4 rings (SSSR count). The fourth-order valence-electron chi connectivity index (χ4n) is 3.75. The highest BCUT2D eigenvalue weighted by Crippen LogP contribution is 2.32. The van der Waals surface area contributed by atoms with Crippen molar-refractivity contribution in [3.63, 3.8) is 0 Å². The van der Waals surface area contributed by atoms with E-state index in [1.165, 1.54) is 36.4 Å². The number of carbonyl (C=O) groups is 1. The van der Waals surface area contributed by atoms with Crippen LogP contribution in [0.4, 0.5) is 8.78 Å². The lowest BCUT2D eigenvalue weighted by Gasteiger charge is -2.15. The molecule has 0 atom stereocenters. The summed E-state index contributed by atoms with van der Waals surface area (Å²) < 4.78 is 58.3. The Bertz CT molecular complexity index is 1470. The first kappa shape index (κ1) is 24.3. The molecule has 0 amide bonds. The predicted molar refractivity (Wildman–Crippen MR) is 129 cm³/mol. The number of nitrogens with zero attached hydrogens (tertiary/aromatic N) is 1. The molecule has 0 bridgehead atoms. The van der Waals surface area contributed by atoms with Gasteiger partial charge in [-0.05, 0) is 83.8 Å². The lowest BCUT2D eigenvalue weighted by molar-refractivity contribution is 0.0509. The third-order valence-electron chi connectivity index (χ3n) is 5.67. The molecular weight excluding hydrogens is 472 g/mol. The summed E-state index contributed by atoms with van der Waals surface area (Å²) in [6.07, 6.45) is 5.23. The minimum Gasteiger partial charge on any atom is -0.462 e. The Hall–Kier alpha value is -3.78. The van der Waals surface area contributed by atoms with E-state index in [2.05, 4.69) is 0 Å². The van der Waals surface area contributed by atoms with E-state index in [1.54, 1.807) is 30.5 Å². The lowest BCUT2D eigenvalue weighted by atomic mass is 9.99. The van der Waals surface area contributed by atoms with E-state index < -0.39 is 21.6 Å². The van der Waals surface area contributed by atoms with Gasteiger partial charge in [0.15, 0.2) is 9.84 Å². The Morgan fingerprint density at radius 1 is 0.943 bits per heavy atom. The van der Waals surface area contributed by atoms with E-state index in [-0.39, 0.29) is 22.9 Å². The molecule has 0 unspecified atom stereocenters. The molecule has 5 nitrogen and oxygen atoms in total. The Morgan fingerprint density at radius 2 is 1.57 bits per heavy atom. The molecule has 0 aliphatic heterocycles. The van der Waals surface area contributed by atoms with E-state index in [4.69, 9.17) is 4.74 Å². The van der Waals surface area contributed by atoms with Crippen LogP contribution in [-0.2, 0) is 21.0 Å². The first-order valence-electron chi connectivity index (χ1n) is 10.8. The number of rotatable bonds is 7. The van der Waals surface area contributed by atoms with Gasteiger partial charge in [0, 0.05) is 30.8 Å². The minimum atomic E-state index is -3.50. The molecule has 0 spiro atoms. The van der Waals surface area contributed by atoms with Crippen LogP contribution in [-0.4, -0.2) is 31.8 Å². The van der Waals surface area contributed by atoms with Gasteiger partial charge in [0.05, 0.1) is 17.1 Å². The number of ether oxygens (including phenoxy) is 1. The Kier molecular flexibility index (Phi) is 6.84. The number of carbonyl (C=O) groups excluding carboxylic acids is 1. The third-order valence-corrected chi connectivity index (χ3v) is 6.77. The molecule has 0 radical (unpaired) electrons. The lowest BCUT2D eigenvalue weighted by Crippen LogP contribution is -2.08. The van der Waals surface area contributed by atoms with Crippen LogP contribution < -0.4 is 0 Å². The second kappa shape index (κ2) is 9.84. The number of hydrogen-bond donors (Lipinski definition) is 0. The average molecular weight is 496 g/mol. The number of hydrogen-bond acceptors (Lipinski definition) is 4. The highest BCUT2D eigenvalue weighted by Gasteiger charge is 2.17. The van der Waals surface area contributed by atoms with Crippen molar-refractivity contribution in [1.82, 2.24) is 4.57 Å². The Morgan fingerprint density at radius 3 is 2.20 bits per heavy atom. The molecule has 180 valence electrons. The van der Waals surface area contributed by atoms with Crippen LogP contribution in [0.2, 0.25) is 0 Å². The molecule has 1 aromatic heterocycles. The van der Waals surface area contributed by atoms with Crippen LogP contribution in [0.5, 0.6) is 0 Å². The van der Waals surface area contributed by atoms with Crippen molar-refractivity contribution in [2.24, 2.45) is 0 Å². The van der Waals surface area contributed by atoms with E-state index >= 15 is 0 Å². The van der Waals surface area contributed by atoms with Crippen molar-refractivity contribution in [1.29, 1.82) is 0 Å². The zero-order chi connectivity index (χ0) is 25.2. The van der Waals surface area contributed by atoms with Gasteiger partial charge in [-0.1, -0.05) is 12.1 Å². The van der Waals surface area contributed by atoms with Gasteiger partial charge < -0.3 is 9.30 Å². The second-order valence-corrected chi connectivity index (χ2v) is 10.2. The third kappa shape index (κ3) is 5.66. The van der Waals surface area contributed by atoms with Gasteiger partial charge in [-0.2, -0.15) is 0 Å². The number of aromatic nitrogens is 1. The minimum absolute atomic E-state index is 0.128. The summed E-state index contributed by atoms with van der Waals surface area (Å²) in [4.78, 5) is 12.3. The van der Waals surface area contributed by atoms with Crippen molar-refractivity contribution in [2.45, 2.75) is 18.2 Å². The van der Waals surface area contributed by atoms with Crippen LogP contribution in [0.3, 0.4) is 0 Å². The molecule has 0 N–H and O–H groups in total. The topological polar surface area (TPSA) is 65.4 Å². The fraction of sp³-hybridized carbons (Fsp3) is 0.148. The Labute approximate surface area is 202 Å². The molecule has 4 aromatic rings. The highest BCUT2D eigenvalue weighted by molar-refractivity contribution is 7.90. The number of benzene rings is 3. The molecule has 35 heavy (non-hydrogen) atoms. The molecule has 8 heteroatoms. The molecule has 3 aromatic carbocycles. The first-order chi connectivity index (χ1) is 16.6. The molecule has 1 heterocycles. The fourth-order valence-corrected chi connectivity index (χ4v) is 4.41. The van der Waals surface area contributed by atoms with E-state index in [1.807, 2.05) is 23.8 Å². The van der Waals surface area contributed by atoms with Crippen molar-refractivity contribution in [2.75, 3.05) is 12.9 Å². The van der Waals surface area contributed by atoms with E-state index in [0.29, 0.717) is 23.2 Å². The van der Waals surface area contributed by atoms with Crippen LogP contribution in [0.15, 0.2) is 84.0 Å². The predicted octanol–water partition coefficient (Wildman–Crippen LogP) is 5.53. The smallest absolute Gasteiger partial charge is 0.338 e. The summed E-state index contributed by atoms with van der Waals surface area (Å²) in [6, 6.07) is 16.1. The summed E-state index contributed by atoms with van der Waals surface area (Å²) in [5.74, 6) is -1.34. The maximum Gasteiger partial charge on any atom is 0.338 e. The van der Waals surface area contributed by atoms with Crippen molar-refractivity contribution >= 4 is 15.8 Å². The van der Waals surface area contributed by atoms with Gasteiger partial charge in [-0.15, -0.1) is 0 Å². The van der Waals surface area contributed by atoms with Crippen LogP contribution >= 0.6 is 0 Å². The molecular formula is C27H23F2NO4S. The Balaban J connectivity index is 1.57. The van der Waals surface area contributed by atoms with Gasteiger partial charge in [-0.25, -0.2) is 22.0 Å².